The minimum Gasteiger partial charge on any atom is -0.443 e. The number of nitrogens with one attached hydrogen (secondary N) is 2. The van der Waals surface area contributed by atoms with E-state index in [0.29, 0.717) is 36.1 Å². The fourth-order valence-electron chi connectivity index (χ4n) is 3.91. The van der Waals surface area contributed by atoms with E-state index in [0.717, 1.165) is 11.1 Å². The van der Waals surface area contributed by atoms with Gasteiger partial charge in [0.15, 0.2) is 23.3 Å². The quantitative estimate of drug-likeness (QED) is 0.319. The van der Waals surface area contributed by atoms with Crippen molar-refractivity contribution in [1.29, 1.82) is 0 Å². The Balaban J connectivity index is 1.68. The van der Waals surface area contributed by atoms with Gasteiger partial charge in [0, 0.05) is 12.8 Å². The Labute approximate surface area is 239 Å². The first kappa shape index (κ1) is 29.2. The van der Waals surface area contributed by atoms with E-state index in [2.05, 4.69) is 31.2 Å². The summed E-state index contributed by atoms with van der Waals surface area (Å²) in [5.74, 6) is 1.72. The topological polar surface area (TPSA) is 138 Å². The number of amides is 2. The van der Waals surface area contributed by atoms with Crippen LogP contribution in [0.3, 0.4) is 0 Å². The van der Waals surface area contributed by atoms with Gasteiger partial charge in [-0.2, -0.15) is 0 Å². The molecule has 0 atom stereocenters. The summed E-state index contributed by atoms with van der Waals surface area (Å²) in [6.07, 6.45) is -0.427. The highest BCUT2D eigenvalue weighted by Crippen LogP contribution is 2.16. The molecule has 2 N–H and O–H groups in total. The Kier molecular flexibility index (Phi) is 8.70. The largest absolute Gasteiger partial charge is 0.443 e. The van der Waals surface area contributed by atoms with Crippen LogP contribution in [0, 0.1) is 0 Å². The fraction of sp³-hybridized carbons (Fsp3) is 0.379. The van der Waals surface area contributed by atoms with Crippen molar-refractivity contribution in [3.63, 3.8) is 0 Å². The molecule has 0 bridgehead atoms. The van der Waals surface area contributed by atoms with Crippen molar-refractivity contribution < 1.29 is 19.1 Å². The summed E-state index contributed by atoms with van der Waals surface area (Å²) in [5, 5.41) is 17.4. The maximum atomic E-state index is 12.8. The highest BCUT2D eigenvalue weighted by atomic mass is 16.6. The molecule has 2 aromatic heterocycles. The molecule has 216 valence electrons. The zero-order valence-electron chi connectivity index (χ0n) is 24.2. The molecular weight excluding hydrogens is 524 g/mol. The molecule has 2 amide bonds. The Morgan fingerprint density at radius 2 is 0.902 bits per heavy atom. The van der Waals surface area contributed by atoms with Crippen LogP contribution in [0.2, 0.25) is 0 Å². The van der Waals surface area contributed by atoms with Crippen molar-refractivity contribution >= 4 is 12.2 Å². The first-order valence-electron chi connectivity index (χ1n) is 13.3. The summed E-state index contributed by atoms with van der Waals surface area (Å²) in [5.41, 5.74) is 6.07. The Morgan fingerprint density at radius 1 is 0.585 bits per heavy atom. The number of benzene rings is 2. The zero-order chi connectivity index (χ0) is 29.6. The summed E-state index contributed by atoms with van der Waals surface area (Å²) >= 11 is 0. The van der Waals surface area contributed by atoms with Crippen LogP contribution in [0.4, 0.5) is 9.59 Å². The average molecular weight is 561 g/mol. The summed E-state index contributed by atoms with van der Waals surface area (Å²) in [6.45, 7) is 10.7. The molecule has 4 aromatic rings. The van der Waals surface area contributed by atoms with Gasteiger partial charge in [-0.3, -0.25) is 0 Å². The van der Waals surface area contributed by atoms with Gasteiger partial charge in [-0.25, -0.2) is 29.8 Å². The van der Waals surface area contributed by atoms with Gasteiger partial charge in [0.2, 0.25) is 0 Å². The Bertz CT molecular complexity index is 1360. The molecule has 0 aliphatic carbocycles. The standard InChI is InChI=1S/C29H36N8O4/c1-28(2,3)40-26(38)34-36-22(17-20-13-9-7-10-14-20)30-32-24(36)19-25-33-31-23(18-21-15-11-8-12-16-21)37(25)35-27(39)41-29(4,5)6/h7-16H,17-19H2,1-6H3,(H,34,38)(H,35,39). The van der Waals surface area contributed by atoms with Crippen molar-refractivity contribution in [2.45, 2.75) is 72.0 Å². The Morgan fingerprint density at radius 3 is 1.22 bits per heavy atom. The second-order valence-electron chi connectivity index (χ2n) is 11.5. The summed E-state index contributed by atoms with van der Waals surface area (Å²) in [7, 11) is 0. The van der Waals surface area contributed by atoms with Gasteiger partial charge in [0.25, 0.3) is 0 Å². The van der Waals surface area contributed by atoms with Crippen LogP contribution in [-0.2, 0) is 28.7 Å². The number of hydrogen-bond acceptors (Lipinski definition) is 8. The summed E-state index contributed by atoms with van der Waals surface area (Å²) in [4.78, 5) is 25.5. The third kappa shape index (κ3) is 8.62. The predicted octanol–water partition coefficient (Wildman–Crippen LogP) is 4.60. The molecule has 4 rings (SSSR count). The van der Waals surface area contributed by atoms with Crippen molar-refractivity contribution in [3.8, 4) is 0 Å². The maximum absolute atomic E-state index is 12.8. The number of hydrogen-bond donors (Lipinski definition) is 2. The van der Waals surface area contributed by atoms with Crippen molar-refractivity contribution in [2.24, 2.45) is 0 Å². The monoisotopic (exact) mass is 560 g/mol. The van der Waals surface area contributed by atoms with E-state index >= 15 is 0 Å². The zero-order valence-corrected chi connectivity index (χ0v) is 24.2. The van der Waals surface area contributed by atoms with Crippen LogP contribution in [0.5, 0.6) is 0 Å². The number of nitrogens with zero attached hydrogens (tertiary/aromatic N) is 6. The molecule has 0 saturated carbocycles. The molecule has 41 heavy (non-hydrogen) atoms. The first-order chi connectivity index (χ1) is 19.4. The second kappa shape index (κ2) is 12.2. The average Bonchev–Trinajstić information content (AvgIpc) is 3.41. The lowest BCUT2D eigenvalue weighted by Crippen LogP contribution is -2.34. The van der Waals surface area contributed by atoms with Crippen molar-refractivity contribution in [3.05, 3.63) is 95.1 Å². The van der Waals surface area contributed by atoms with E-state index in [-0.39, 0.29) is 6.42 Å². The van der Waals surface area contributed by atoms with Crippen LogP contribution < -0.4 is 10.9 Å². The third-order valence-corrected chi connectivity index (χ3v) is 5.52. The number of ether oxygens (including phenoxy) is 2. The van der Waals surface area contributed by atoms with Crippen molar-refractivity contribution in [2.75, 3.05) is 10.9 Å². The van der Waals surface area contributed by atoms with Gasteiger partial charge in [-0.05, 0) is 52.7 Å². The molecular formula is C29H36N8O4. The molecule has 0 fully saturated rings. The van der Waals surface area contributed by atoms with Gasteiger partial charge in [0.05, 0.1) is 6.42 Å². The van der Waals surface area contributed by atoms with E-state index < -0.39 is 23.4 Å². The van der Waals surface area contributed by atoms with Crippen LogP contribution in [0.25, 0.3) is 0 Å². The van der Waals surface area contributed by atoms with E-state index in [9.17, 15) is 9.59 Å². The lowest BCUT2D eigenvalue weighted by Gasteiger charge is -2.21. The number of aromatic nitrogens is 6. The van der Waals surface area contributed by atoms with Gasteiger partial charge >= 0.3 is 12.2 Å². The van der Waals surface area contributed by atoms with E-state index in [1.165, 1.54) is 9.35 Å². The van der Waals surface area contributed by atoms with Crippen LogP contribution in [-0.4, -0.2) is 53.1 Å². The smallest absolute Gasteiger partial charge is 0.427 e. The lowest BCUT2D eigenvalue weighted by molar-refractivity contribution is 0.0601. The number of carbonyl (C=O) groups is 2. The highest BCUT2D eigenvalue weighted by molar-refractivity contribution is 5.77. The van der Waals surface area contributed by atoms with Gasteiger partial charge < -0.3 is 9.47 Å². The minimum absolute atomic E-state index is 0.0785. The van der Waals surface area contributed by atoms with Crippen LogP contribution in [0.15, 0.2) is 60.7 Å². The summed E-state index contributed by atoms with van der Waals surface area (Å²) < 4.78 is 13.9. The normalized spacial score (nSPS) is 11.7. The van der Waals surface area contributed by atoms with Crippen LogP contribution in [0.1, 0.15) is 76.0 Å². The minimum atomic E-state index is -0.707. The summed E-state index contributed by atoms with van der Waals surface area (Å²) in [6, 6.07) is 19.4. The molecule has 2 heterocycles. The van der Waals surface area contributed by atoms with Gasteiger partial charge in [-0.1, -0.05) is 60.7 Å². The highest BCUT2D eigenvalue weighted by Gasteiger charge is 2.24. The molecule has 0 unspecified atom stereocenters. The molecule has 12 heteroatoms. The van der Waals surface area contributed by atoms with Gasteiger partial charge in [0.1, 0.15) is 11.2 Å². The van der Waals surface area contributed by atoms with E-state index in [1.807, 2.05) is 60.7 Å². The molecule has 2 aromatic carbocycles. The number of rotatable bonds is 8. The first-order valence-corrected chi connectivity index (χ1v) is 13.3. The molecule has 0 aliphatic rings. The van der Waals surface area contributed by atoms with E-state index in [4.69, 9.17) is 9.47 Å². The molecule has 0 saturated heterocycles. The molecule has 0 spiro atoms. The lowest BCUT2D eigenvalue weighted by atomic mass is 10.1. The molecule has 12 nitrogen and oxygen atoms in total. The SMILES string of the molecule is CC(C)(C)OC(=O)Nn1c(Cc2ccccc2)nnc1Cc1nnc(Cc2ccccc2)n1NC(=O)OC(C)(C)C. The van der Waals surface area contributed by atoms with Crippen LogP contribution >= 0.6 is 0 Å². The van der Waals surface area contributed by atoms with Gasteiger partial charge in [-0.15, -0.1) is 20.4 Å². The molecule has 0 radical (unpaired) electrons. The third-order valence-electron chi connectivity index (χ3n) is 5.52. The Hall–Kier alpha value is -4.74. The van der Waals surface area contributed by atoms with E-state index in [1.54, 1.807) is 41.5 Å². The number of carbonyl (C=O) groups excluding carboxylic acids is 2. The fourth-order valence-corrected chi connectivity index (χ4v) is 3.91. The maximum Gasteiger partial charge on any atom is 0.427 e. The van der Waals surface area contributed by atoms with Crippen molar-refractivity contribution in [1.82, 2.24) is 29.7 Å². The second-order valence-corrected chi connectivity index (χ2v) is 11.5. The predicted molar refractivity (Wildman–Crippen MR) is 153 cm³/mol. The molecule has 0 aliphatic heterocycles.